The zero-order valence-electron chi connectivity index (χ0n) is 16.2. The van der Waals surface area contributed by atoms with E-state index < -0.39 is 12.1 Å². The summed E-state index contributed by atoms with van der Waals surface area (Å²) in [5, 5.41) is 11.5. The molecule has 2 aromatic rings. The van der Waals surface area contributed by atoms with Gasteiger partial charge in [0.05, 0.1) is 19.3 Å². The number of aryl methyl sites for hydroxylation is 2. The quantitative estimate of drug-likeness (QED) is 0.810. The number of ether oxygens (including phenoxy) is 1. The van der Waals surface area contributed by atoms with Gasteiger partial charge in [-0.25, -0.2) is 9.78 Å². The summed E-state index contributed by atoms with van der Waals surface area (Å²) >= 11 is 0. The minimum absolute atomic E-state index is 0.0308. The van der Waals surface area contributed by atoms with Crippen molar-refractivity contribution in [1.29, 1.82) is 0 Å². The number of aliphatic carboxylic acids is 1. The van der Waals surface area contributed by atoms with Crippen molar-refractivity contribution in [3.8, 4) is 5.88 Å². The van der Waals surface area contributed by atoms with Crippen molar-refractivity contribution < 1.29 is 32.6 Å². The number of hydrogen-bond donors (Lipinski definition) is 1. The zero-order valence-corrected chi connectivity index (χ0v) is 16.2. The summed E-state index contributed by atoms with van der Waals surface area (Å²) in [6.45, 7) is 3.15. The molecule has 1 N–H and O–H groups in total. The van der Waals surface area contributed by atoms with E-state index in [-0.39, 0.29) is 5.91 Å². The standard InChI is InChI=1S/C16H20N4O2.C2HF3O2/c1-11-6-4-8-13(17-11)16(21)20-9-5-7-12-14(10-20)19(2)18-15(12)22-3;3-2(4,5)1(6)7/h4,6,8H,5,7,9-10H2,1-3H3;(H,6,7). The first-order valence-corrected chi connectivity index (χ1v) is 8.66. The van der Waals surface area contributed by atoms with E-state index in [0.717, 1.165) is 29.8 Å². The third kappa shape index (κ3) is 5.46. The molecule has 0 radical (unpaired) electrons. The van der Waals surface area contributed by atoms with E-state index in [4.69, 9.17) is 14.6 Å². The minimum atomic E-state index is -5.08. The average molecular weight is 414 g/mol. The van der Waals surface area contributed by atoms with Crippen molar-refractivity contribution in [2.24, 2.45) is 7.05 Å². The van der Waals surface area contributed by atoms with Gasteiger partial charge in [-0.1, -0.05) is 6.07 Å². The Hall–Kier alpha value is -3.11. The number of alkyl halides is 3. The van der Waals surface area contributed by atoms with Crippen LogP contribution in [-0.4, -0.2) is 56.5 Å². The summed E-state index contributed by atoms with van der Waals surface area (Å²) in [6.07, 6.45) is -3.32. The molecule has 11 heteroatoms. The van der Waals surface area contributed by atoms with Gasteiger partial charge in [-0.2, -0.15) is 13.2 Å². The number of pyridine rings is 1. The number of carboxylic acids is 1. The van der Waals surface area contributed by atoms with Crippen molar-refractivity contribution in [1.82, 2.24) is 19.7 Å². The van der Waals surface area contributed by atoms with Crippen LogP contribution >= 0.6 is 0 Å². The number of carbonyl (C=O) groups excluding carboxylic acids is 1. The van der Waals surface area contributed by atoms with Crippen LogP contribution in [0.1, 0.15) is 33.9 Å². The molecule has 3 rings (SSSR count). The summed E-state index contributed by atoms with van der Waals surface area (Å²) in [5.41, 5.74) is 3.49. The first-order chi connectivity index (χ1) is 13.5. The average Bonchev–Trinajstić information content (AvgIpc) is 2.82. The number of rotatable bonds is 2. The van der Waals surface area contributed by atoms with Crippen molar-refractivity contribution in [3.05, 3.63) is 40.8 Å². The largest absolute Gasteiger partial charge is 0.490 e. The fourth-order valence-electron chi connectivity index (χ4n) is 2.89. The Labute approximate surface area is 164 Å². The second-order valence-corrected chi connectivity index (χ2v) is 6.36. The molecule has 0 fully saturated rings. The van der Waals surface area contributed by atoms with Gasteiger partial charge in [0.1, 0.15) is 5.69 Å². The number of carbonyl (C=O) groups is 2. The number of halogens is 3. The van der Waals surface area contributed by atoms with E-state index in [1.54, 1.807) is 13.2 Å². The van der Waals surface area contributed by atoms with E-state index >= 15 is 0 Å². The number of carboxylic acid groups (broad SMARTS) is 1. The van der Waals surface area contributed by atoms with Gasteiger partial charge in [0.25, 0.3) is 5.91 Å². The Morgan fingerprint density at radius 2 is 1.93 bits per heavy atom. The molecule has 0 saturated carbocycles. The smallest absolute Gasteiger partial charge is 0.480 e. The molecule has 1 amide bonds. The molecule has 0 aliphatic carbocycles. The normalized spacial score (nSPS) is 13.7. The van der Waals surface area contributed by atoms with Crippen LogP contribution in [0.15, 0.2) is 18.2 Å². The number of amides is 1. The maximum Gasteiger partial charge on any atom is 0.490 e. The predicted molar refractivity (Wildman–Crippen MR) is 95.5 cm³/mol. The Kier molecular flexibility index (Phi) is 6.83. The van der Waals surface area contributed by atoms with E-state index in [9.17, 15) is 18.0 Å². The van der Waals surface area contributed by atoms with Crippen molar-refractivity contribution in [2.75, 3.05) is 13.7 Å². The molecule has 0 atom stereocenters. The molecule has 0 spiro atoms. The summed E-state index contributed by atoms with van der Waals surface area (Å²) in [5.74, 6) is -2.12. The Morgan fingerprint density at radius 1 is 1.28 bits per heavy atom. The molecule has 0 bridgehead atoms. The second kappa shape index (κ2) is 8.93. The molecule has 2 aromatic heterocycles. The lowest BCUT2D eigenvalue weighted by Gasteiger charge is -2.20. The molecular weight excluding hydrogens is 393 g/mol. The van der Waals surface area contributed by atoms with Gasteiger partial charge in [-0.3, -0.25) is 9.48 Å². The van der Waals surface area contributed by atoms with E-state index in [1.807, 2.05) is 35.7 Å². The summed E-state index contributed by atoms with van der Waals surface area (Å²) < 4.78 is 38.9. The van der Waals surface area contributed by atoms with Crippen LogP contribution < -0.4 is 4.74 Å². The van der Waals surface area contributed by atoms with Crippen LogP contribution in [0.3, 0.4) is 0 Å². The first-order valence-electron chi connectivity index (χ1n) is 8.66. The topological polar surface area (TPSA) is 97.5 Å². The van der Waals surface area contributed by atoms with Crippen molar-refractivity contribution >= 4 is 11.9 Å². The van der Waals surface area contributed by atoms with Crippen LogP contribution in [0.4, 0.5) is 13.2 Å². The highest BCUT2D eigenvalue weighted by Crippen LogP contribution is 2.27. The van der Waals surface area contributed by atoms with E-state index in [0.29, 0.717) is 24.7 Å². The maximum absolute atomic E-state index is 12.7. The first kappa shape index (κ1) is 22.2. The molecular formula is C18H21F3N4O4. The lowest BCUT2D eigenvalue weighted by molar-refractivity contribution is -0.192. The highest BCUT2D eigenvalue weighted by Gasteiger charge is 2.38. The lowest BCUT2D eigenvalue weighted by Crippen LogP contribution is -2.32. The van der Waals surface area contributed by atoms with Crippen LogP contribution in [0, 0.1) is 6.92 Å². The number of hydrogen-bond acceptors (Lipinski definition) is 5. The number of nitrogens with zero attached hydrogens (tertiary/aromatic N) is 4. The Morgan fingerprint density at radius 3 is 2.48 bits per heavy atom. The molecule has 0 aromatic carbocycles. The third-order valence-electron chi connectivity index (χ3n) is 4.26. The van der Waals surface area contributed by atoms with E-state index in [1.165, 1.54) is 0 Å². The molecule has 1 aliphatic rings. The number of fused-ring (bicyclic) bond motifs is 1. The second-order valence-electron chi connectivity index (χ2n) is 6.36. The van der Waals surface area contributed by atoms with Crippen LogP contribution in [0.2, 0.25) is 0 Å². The molecule has 0 unspecified atom stereocenters. The van der Waals surface area contributed by atoms with Crippen LogP contribution in [0.5, 0.6) is 5.88 Å². The molecule has 1 aliphatic heterocycles. The minimum Gasteiger partial charge on any atom is -0.480 e. The van der Waals surface area contributed by atoms with Crippen LogP contribution in [-0.2, 0) is 24.8 Å². The zero-order chi connectivity index (χ0) is 21.8. The van der Waals surface area contributed by atoms with Gasteiger partial charge in [-0.15, -0.1) is 5.10 Å². The summed E-state index contributed by atoms with van der Waals surface area (Å²) in [6, 6.07) is 5.53. The monoisotopic (exact) mass is 414 g/mol. The number of methoxy groups -OCH3 is 1. The van der Waals surface area contributed by atoms with Gasteiger partial charge in [-0.05, 0) is 31.9 Å². The van der Waals surface area contributed by atoms with Crippen LogP contribution in [0.25, 0.3) is 0 Å². The fraction of sp³-hybridized carbons (Fsp3) is 0.444. The van der Waals surface area contributed by atoms with Gasteiger partial charge >= 0.3 is 12.1 Å². The molecule has 29 heavy (non-hydrogen) atoms. The van der Waals surface area contributed by atoms with Gasteiger partial charge < -0.3 is 14.7 Å². The predicted octanol–water partition coefficient (Wildman–Crippen LogP) is 2.35. The Bertz CT molecular complexity index is 896. The fourth-order valence-corrected chi connectivity index (χ4v) is 2.89. The molecule has 8 nitrogen and oxygen atoms in total. The van der Waals surface area contributed by atoms with Gasteiger partial charge in [0.15, 0.2) is 0 Å². The number of aromatic nitrogens is 3. The lowest BCUT2D eigenvalue weighted by atomic mass is 10.1. The molecule has 158 valence electrons. The van der Waals surface area contributed by atoms with Crippen molar-refractivity contribution in [3.63, 3.8) is 0 Å². The van der Waals surface area contributed by atoms with Gasteiger partial charge in [0, 0.05) is 24.8 Å². The third-order valence-corrected chi connectivity index (χ3v) is 4.26. The highest BCUT2D eigenvalue weighted by atomic mass is 19.4. The summed E-state index contributed by atoms with van der Waals surface area (Å²) in [4.78, 5) is 27.8. The molecule has 3 heterocycles. The summed E-state index contributed by atoms with van der Waals surface area (Å²) in [7, 11) is 3.52. The highest BCUT2D eigenvalue weighted by molar-refractivity contribution is 5.92. The Balaban J connectivity index is 0.000000370. The van der Waals surface area contributed by atoms with Crippen molar-refractivity contribution in [2.45, 2.75) is 32.5 Å². The SMILES string of the molecule is COc1nn(C)c2c1CCCN(C(=O)c1cccc(C)n1)C2.O=C(O)C(F)(F)F. The van der Waals surface area contributed by atoms with E-state index in [2.05, 4.69) is 10.1 Å². The van der Waals surface area contributed by atoms with Gasteiger partial charge in [0.2, 0.25) is 5.88 Å². The maximum atomic E-state index is 12.7. The molecule has 0 saturated heterocycles.